The van der Waals surface area contributed by atoms with Crippen LogP contribution in [0.4, 0.5) is 0 Å². The molecule has 0 saturated heterocycles. The van der Waals surface area contributed by atoms with E-state index >= 15 is 0 Å². The first-order chi connectivity index (χ1) is 8.77. The molecular weight excluding hydrogens is 254 g/mol. The van der Waals surface area contributed by atoms with E-state index in [-0.39, 0.29) is 12.4 Å². The number of rotatable bonds is 1. The fourth-order valence-electron chi connectivity index (χ4n) is 3.10. The Bertz CT molecular complexity index is 331. The lowest BCUT2D eigenvalue weighted by molar-refractivity contribution is 0.299. The normalized spacial score (nSPS) is 18.3. The second kappa shape index (κ2) is 8.60. The van der Waals surface area contributed by atoms with Crippen molar-refractivity contribution < 1.29 is 0 Å². The average Bonchev–Trinajstić information content (AvgIpc) is 2.94. The van der Waals surface area contributed by atoms with Gasteiger partial charge < -0.3 is 4.90 Å². The lowest BCUT2D eigenvalue weighted by Gasteiger charge is -2.17. The minimum absolute atomic E-state index is 0. The van der Waals surface area contributed by atoms with Gasteiger partial charge in [-0.25, -0.2) is 0 Å². The molecule has 0 radical (unpaired) electrons. The Balaban J connectivity index is 0.000000185. The Morgan fingerprint density at radius 1 is 0.842 bits per heavy atom. The number of fused-ring (bicyclic) bond motifs is 1. The van der Waals surface area contributed by atoms with Gasteiger partial charge in [-0.1, -0.05) is 37.1 Å². The minimum atomic E-state index is 0. The zero-order valence-corrected chi connectivity index (χ0v) is 13.2. The number of nitrogens with zero attached hydrogens (tertiary/aromatic N) is 1. The SMILES string of the molecule is CN(C)C1CCCC1.Cl.c1ccc2c(c1)CCCC2. The zero-order chi connectivity index (χ0) is 12.8. The fourth-order valence-corrected chi connectivity index (χ4v) is 3.10. The summed E-state index contributed by atoms with van der Waals surface area (Å²) in [4.78, 5) is 2.34. The van der Waals surface area contributed by atoms with Crippen LogP contribution < -0.4 is 0 Å². The molecule has 1 saturated carbocycles. The van der Waals surface area contributed by atoms with Crippen molar-refractivity contribution in [1.29, 1.82) is 0 Å². The van der Waals surface area contributed by atoms with Crippen LogP contribution in [0.25, 0.3) is 0 Å². The van der Waals surface area contributed by atoms with E-state index in [4.69, 9.17) is 0 Å². The van der Waals surface area contributed by atoms with Crippen LogP contribution in [0.3, 0.4) is 0 Å². The van der Waals surface area contributed by atoms with Crippen molar-refractivity contribution in [3.63, 3.8) is 0 Å². The number of hydrogen-bond acceptors (Lipinski definition) is 1. The van der Waals surface area contributed by atoms with Crippen LogP contribution in [-0.2, 0) is 12.8 Å². The van der Waals surface area contributed by atoms with E-state index in [9.17, 15) is 0 Å². The van der Waals surface area contributed by atoms with Gasteiger partial charge in [-0.2, -0.15) is 0 Å². The van der Waals surface area contributed by atoms with E-state index in [2.05, 4.69) is 43.3 Å². The summed E-state index contributed by atoms with van der Waals surface area (Å²) in [5.74, 6) is 0. The molecule has 2 aliphatic rings. The van der Waals surface area contributed by atoms with Gasteiger partial charge in [-0.3, -0.25) is 0 Å². The van der Waals surface area contributed by atoms with Gasteiger partial charge in [0.25, 0.3) is 0 Å². The summed E-state index contributed by atoms with van der Waals surface area (Å²) in [6.07, 6.45) is 11.1. The molecule has 0 spiro atoms. The van der Waals surface area contributed by atoms with Crippen LogP contribution in [0, 0.1) is 0 Å². The molecule has 0 aliphatic heterocycles. The third kappa shape index (κ3) is 5.16. The van der Waals surface area contributed by atoms with Crippen molar-refractivity contribution in [3.8, 4) is 0 Å². The van der Waals surface area contributed by atoms with Crippen molar-refractivity contribution >= 4 is 12.4 Å². The number of aryl methyl sites for hydroxylation is 2. The Morgan fingerprint density at radius 2 is 1.32 bits per heavy atom. The van der Waals surface area contributed by atoms with Gasteiger partial charge in [-0.05, 0) is 63.7 Å². The molecule has 1 fully saturated rings. The highest BCUT2D eigenvalue weighted by Gasteiger charge is 2.15. The Kier molecular flexibility index (Phi) is 7.48. The molecule has 2 aliphatic carbocycles. The molecule has 3 rings (SSSR count). The summed E-state index contributed by atoms with van der Waals surface area (Å²) in [7, 11) is 4.35. The van der Waals surface area contributed by atoms with E-state index in [1.807, 2.05) is 0 Å². The minimum Gasteiger partial charge on any atom is -0.306 e. The smallest absolute Gasteiger partial charge is 0.00891 e. The average molecular weight is 282 g/mol. The van der Waals surface area contributed by atoms with Crippen molar-refractivity contribution in [1.82, 2.24) is 4.90 Å². The van der Waals surface area contributed by atoms with E-state index in [0.717, 1.165) is 6.04 Å². The molecule has 1 nitrogen and oxygen atoms in total. The van der Waals surface area contributed by atoms with Crippen molar-refractivity contribution in [2.24, 2.45) is 0 Å². The number of hydrogen-bond donors (Lipinski definition) is 0. The predicted molar refractivity (Wildman–Crippen MR) is 86.3 cm³/mol. The van der Waals surface area contributed by atoms with Crippen LogP contribution in [0.1, 0.15) is 49.7 Å². The molecule has 0 N–H and O–H groups in total. The van der Waals surface area contributed by atoms with E-state index in [1.54, 1.807) is 11.1 Å². The molecule has 0 amide bonds. The summed E-state index contributed by atoms with van der Waals surface area (Å²) < 4.78 is 0. The zero-order valence-electron chi connectivity index (χ0n) is 12.4. The van der Waals surface area contributed by atoms with Crippen LogP contribution >= 0.6 is 12.4 Å². The topological polar surface area (TPSA) is 3.24 Å². The second-order valence-corrected chi connectivity index (χ2v) is 5.88. The lowest BCUT2D eigenvalue weighted by atomic mass is 9.92. The highest BCUT2D eigenvalue weighted by atomic mass is 35.5. The second-order valence-electron chi connectivity index (χ2n) is 5.88. The van der Waals surface area contributed by atoms with Crippen molar-refractivity contribution in [2.75, 3.05) is 14.1 Å². The summed E-state index contributed by atoms with van der Waals surface area (Å²) >= 11 is 0. The third-order valence-electron chi connectivity index (χ3n) is 4.32. The van der Waals surface area contributed by atoms with Crippen molar-refractivity contribution in [3.05, 3.63) is 35.4 Å². The van der Waals surface area contributed by atoms with Crippen LogP contribution in [0.5, 0.6) is 0 Å². The number of halogens is 1. The molecule has 1 aromatic carbocycles. The molecule has 1 aromatic rings. The maximum absolute atomic E-state index is 2.34. The molecule has 0 aromatic heterocycles. The van der Waals surface area contributed by atoms with Gasteiger partial charge in [0, 0.05) is 6.04 Å². The van der Waals surface area contributed by atoms with Gasteiger partial charge in [0.05, 0.1) is 0 Å². The summed E-state index contributed by atoms with van der Waals surface area (Å²) in [5, 5.41) is 0. The van der Waals surface area contributed by atoms with E-state index in [0.29, 0.717) is 0 Å². The molecule has 19 heavy (non-hydrogen) atoms. The highest BCUT2D eigenvalue weighted by Crippen LogP contribution is 2.21. The summed E-state index contributed by atoms with van der Waals surface area (Å²) in [5.41, 5.74) is 3.16. The van der Waals surface area contributed by atoms with E-state index < -0.39 is 0 Å². The Labute approximate surface area is 124 Å². The van der Waals surface area contributed by atoms with Gasteiger partial charge in [0.2, 0.25) is 0 Å². The highest BCUT2D eigenvalue weighted by molar-refractivity contribution is 5.85. The van der Waals surface area contributed by atoms with Gasteiger partial charge >= 0.3 is 0 Å². The lowest BCUT2D eigenvalue weighted by Crippen LogP contribution is -2.23. The van der Waals surface area contributed by atoms with E-state index in [1.165, 1.54) is 51.4 Å². The molecule has 0 atom stereocenters. The summed E-state index contributed by atoms with van der Waals surface area (Å²) in [6, 6.07) is 9.70. The fraction of sp³-hybridized carbons (Fsp3) is 0.647. The van der Waals surface area contributed by atoms with Gasteiger partial charge in [0.15, 0.2) is 0 Å². The maximum atomic E-state index is 2.34. The monoisotopic (exact) mass is 281 g/mol. The van der Waals surface area contributed by atoms with Crippen LogP contribution in [0.2, 0.25) is 0 Å². The molecule has 2 heteroatoms. The van der Waals surface area contributed by atoms with Crippen LogP contribution in [-0.4, -0.2) is 25.0 Å². The molecule has 0 bridgehead atoms. The van der Waals surface area contributed by atoms with Gasteiger partial charge in [-0.15, -0.1) is 12.4 Å². The Morgan fingerprint density at radius 3 is 1.68 bits per heavy atom. The first kappa shape index (κ1) is 16.5. The molecule has 0 unspecified atom stereocenters. The maximum Gasteiger partial charge on any atom is 0.00891 e. The summed E-state index contributed by atoms with van der Waals surface area (Å²) in [6.45, 7) is 0. The first-order valence-electron chi connectivity index (χ1n) is 7.50. The Hall–Kier alpha value is -0.530. The molecule has 0 heterocycles. The third-order valence-corrected chi connectivity index (χ3v) is 4.32. The molecular formula is C17H28ClN. The van der Waals surface area contributed by atoms with Crippen LogP contribution in [0.15, 0.2) is 24.3 Å². The quantitative estimate of drug-likeness (QED) is 0.734. The van der Waals surface area contributed by atoms with Gasteiger partial charge in [0.1, 0.15) is 0 Å². The largest absolute Gasteiger partial charge is 0.306 e. The number of benzene rings is 1. The first-order valence-corrected chi connectivity index (χ1v) is 7.50. The predicted octanol–water partition coefficient (Wildman–Crippen LogP) is 4.48. The molecule has 108 valence electrons. The van der Waals surface area contributed by atoms with Crippen molar-refractivity contribution in [2.45, 2.75) is 57.4 Å². The standard InChI is InChI=1S/C10H12.C7H15N.ClH/c1-2-6-10-8-4-3-7-9(10)5-1;1-8(2)7-5-3-4-6-7;/h1-2,5-6H,3-4,7-8H2;7H,3-6H2,1-2H3;1H.